The van der Waals surface area contributed by atoms with Crippen LogP contribution >= 0.6 is 23.4 Å². The molecular formula is C26H39ClN2O10S. The molecule has 0 bridgehead atoms. The molecule has 4 rings (SSSR count). The zero-order valence-electron chi connectivity index (χ0n) is 22.9. The normalized spacial score (nSPS) is 32.7. The van der Waals surface area contributed by atoms with E-state index in [1.807, 2.05) is 0 Å². The van der Waals surface area contributed by atoms with E-state index in [-0.39, 0.29) is 18.1 Å². The first-order chi connectivity index (χ1) is 19.0. The standard InChI is InChI=1S/C26H39ClN2O10S/c1-12(27)18(22-20(31)19(30)21(32)24(39-22)40-3)28-23(33)16-7-6-15(10-14-4-5-14)8-9-29(16)25(34)36-11-17-13(2)37-26(35)38-17/h12,14-16,18-22,24,30-32H,4-11H2,1-3H3,(H,28,33)/t12-,15?,16?,18+,19-,20+,21+,22+,24+/m0/s1. The summed E-state index contributed by atoms with van der Waals surface area (Å²) in [4.78, 5) is 39.7. The molecule has 226 valence electrons. The Morgan fingerprint density at radius 3 is 2.38 bits per heavy atom. The van der Waals surface area contributed by atoms with E-state index in [2.05, 4.69) is 5.32 Å². The average molecular weight is 607 g/mol. The van der Waals surface area contributed by atoms with Crippen LogP contribution in [0.3, 0.4) is 0 Å². The van der Waals surface area contributed by atoms with Crippen LogP contribution < -0.4 is 11.1 Å². The Bertz CT molecular complexity index is 1080. The Morgan fingerprint density at radius 2 is 1.77 bits per heavy atom. The minimum absolute atomic E-state index is 0.0874. The lowest BCUT2D eigenvalue weighted by atomic mass is 9.92. The highest BCUT2D eigenvalue weighted by Gasteiger charge is 2.48. The van der Waals surface area contributed by atoms with Crippen LogP contribution in [0.5, 0.6) is 0 Å². The van der Waals surface area contributed by atoms with Crippen molar-refractivity contribution in [1.82, 2.24) is 10.2 Å². The molecule has 0 spiro atoms. The van der Waals surface area contributed by atoms with Gasteiger partial charge in [0.15, 0.2) is 18.1 Å². The van der Waals surface area contributed by atoms with E-state index in [1.54, 1.807) is 13.2 Å². The monoisotopic (exact) mass is 606 g/mol. The van der Waals surface area contributed by atoms with Gasteiger partial charge < -0.3 is 38.9 Å². The number of carbonyl (C=O) groups excluding carboxylic acids is 2. The van der Waals surface area contributed by atoms with Gasteiger partial charge >= 0.3 is 11.9 Å². The van der Waals surface area contributed by atoms with Crippen LogP contribution in [0.1, 0.15) is 57.0 Å². The fourth-order valence-corrected chi connectivity index (χ4v) is 6.41. The Balaban J connectivity index is 1.50. The number of hydrogen-bond acceptors (Lipinski definition) is 11. The van der Waals surface area contributed by atoms with Crippen LogP contribution in [-0.2, 0) is 20.9 Å². The van der Waals surface area contributed by atoms with Gasteiger partial charge in [-0.15, -0.1) is 23.4 Å². The van der Waals surface area contributed by atoms with Crippen LogP contribution in [0.2, 0.25) is 0 Å². The van der Waals surface area contributed by atoms with Gasteiger partial charge in [0.05, 0.1) is 11.4 Å². The van der Waals surface area contributed by atoms with E-state index in [9.17, 15) is 29.7 Å². The van der Waals surface area contributed by atoms with E-state index in [1.165, 1.54) is 24.7 Å². The summed E-state index contributed by atoms with van der Waals surface area (Å²) in [6.07, 6.45) is 0.857. The Hall–Kier alpha value is -1.77. The lowest BCUT2D eigenvalue weighted by Gasteiger charge is -2.44. The fourth-order valence-electron chi connectivity index (χ4n) is 5.52. The van der Waals surface area contributed by atoms with Crippen molar-refractivity contribution < 1.29 is 43.2 Å². The molecule has 2 aliphatic heterocycles. The molecule has 3 fully saturated rings. The van der Waals surface area contributed by atoms with Crippen LogP contribution in [0.15, 0.2) is 13.6 Å². The highest BCUT2D eigenvalue weighted by molar-refractivity contribution is 7.99. The molecule has 2 amide bonds. The van der Waals surface area contributed by atoms with Gasteiger partial charge in [-0.25, -0.2) is 9.59 Å². The van der Waals surface area contributed by atoms with E-state index in [0.717, 1.165) is 24.6 Å². The van der Waals surface area contributed by atoms with Gasteiger partial charge in [0.25, 0.3) is 0 Å². The molecule has 40 heavy (non-hydrogen) atoms. The van der Waals surface area contributed by atoms with Crippen molar-refractivity contribution in [3.8, 4) is 0 Å². The van der Waals surface area contributed by atoms with Crippen molar-refractivity contribution >= 4 is 35.4 Å². The second-order valence-electron chi connectivity index (χ2n) is 11.0. The number of halogens is 1. The van der Waals surface area contributed by atoms with E-state index >= 15 is 0 Å². The number of aliphatic hydroxyl groups is 3. The van der Waals surface area contributed by atoms with Crippen molar-refractivity contribution in [2.24, 2.45) is 11.8 Å². The molecule has 0 radical (unpaired) electrons. The summed E-state index contributed by atoms with van der Waals surface area (Å²) in [5, 5.41) is 33.5. The molecule has 1 aromatic rings. The molecule has 2 unspecified atom stereocenters. The number of rotatable bonds is 9. The number of thioether (sulfide) groups is 1. The Kier molecular flexibility index (Phi) is 10.5. The SMILES string of the molecule is CS[C@H]1O[C@H]([C@H](NC(=O)C2CCC(CC3CC3)CCN2C(=O)OCc2oc(=O)oc2C)[C@H](C)Cl)[C@H](O)[C@H](O)[C@H]1O. The van der Waals surface area contributed by atoms with Crippen molar-refractivity contribution in [3.63, 3.8) is 0 Å². The molecule has 1 aromatic heterocycles. The first kappa shape index (κ1) is 31.2. The molecule has 9 atom stereocenters. The van der Waals surface area contributed by atoms with Crippen molar-refractivity contribution in [2.75, 3.05) is 12.8 Å². The molecule has 3 heterocycles. The van der Waals surface area contributed by atoms with Crippen molar-refractivity contribution in [2.45, 2.75) is 106 Å². The van der Waals surface area contributed by atoms with E-state index in [0.29, 0.717) is 31.2 Å². The van der Waals surface area contributed by atoms with Crippen LogP contribution in [-0.4, -0.2) is 92.3 Å². The first-order valence-corrected chi connectivity index (χ1v) is 15.4. The van der Waals surface area contributed by atoms with Crippen LogP contribution in [0, 0.1) is 18.8 Å². The summed E-state index contributed by atoms with van der Waals surface area (Å²) >= 11 is 7.61. The third-order valence-corrected chi connectivity index (χ3v) is 9.19. The number of alkyl halides is 1. The quantitative estimate of drug-likeness (QED) is 0.302. The molecule has 0 aromatic carbocycles. The van der Waals surface area contributed by atoms with Gasteiger partial charge in [0.2, 0.25) is 5.91 Å². The lowest BCUT2D eigenvalue weighted by molar-refractivity contribution is -0.205. The smallest absolute Gasteiger partial charge is 0.441 e. The van der Waals surface area contributed by atoms with E-state index in [4.69, 9.17) is 29.9 Å². The van der Waals surface area contributed by atoms with Gasteiger partial charge in [-0.3, -0.25) is 9.69 Å². The third-order valence-electron chi connectivity index (χ3n) is 8.06. The predicted molar refractivity (Wildman–Crippen MR) is 145 cm³/mol. The Labute approximate surface area is 241 Å². The number of ether oxygens (including phenoxy) is 2. The second-order valence-corrected chi connectivity index (χ2v) is 12.6. The highest BCUT2D eigenvalue weighted by Crippen LogP contribution is 2.39. The summed E-state index contributed by atoms with van der Waals surface area (Å²) in [5.74, 6) is -0.0456. The minimum atomic E-state index is -1.50. The molecule has 2 saturated heterocycles. The molecule has 14 heteroatoms. The van der Waals surface area contributed by atoms with Crippen molar-refractivity contribution in [3.05, 3.63) is 22.1 Å². The van der Waals surface area contributed by atoms with Crippen LogP contribution in [0.25, 0.3) is 0 Å². The summed E-state index contributed by atoms with van der Waals surface area (Å²) in [5.41, 5.74) is -0.836. The molecule has 4 N–H and O–H groups in total. The lowest BCUT2D eigenvalue weighted by Crippen LogP contribution is -2.65. The van der Waals surface area contributed by atoms with Gasteiger partial charge in [0, 0.05) is 6.54 Å². The maximum Gasteiger partial charge on any atom is 0.519 e. The topological polar surface area (TPSA) is 172 Å². The molecule has 1 aliphatic carbocycles. The number of likely N-dealkylation sites (tertiary alicyclic amines) is 1. The van der Waals surface area contributed by atoms with E-state index < -0.39 is 65.1 Å². The number of nitrogens with one attached hydrogen (secondary N) is 1. The molecule has 3 aliphatic rings. The largest absolute Gasteiger partial charge is 0.519 e. The Morgan fingerprint density at radius 1 is 1.10 bits per heavy atom. The molecule has 1 saturated carbocycles. The maximum atomic E-state index is 13.8. The predicted octanol–water partition coefficient (Wildman–Crippen LogP) is 1.73. The van der Waals surface area contributed by atoms with Gasteiger partial charge in [-0.2, -0.15) is 0 Å². The zero-order chi connectivity index (χ0) is 29.1. The highest BCUT2D eigenvalue weighted by atomic mass is 35.5. The summed E-state index contributed by atoms with van der Waals surface area (Å²) in [6.45, 7) is 3.11. The van der Waals surface area contributed by atoms with Crippen LogP contribution in [0.4, 0.5) is 4.79 Å². The molecular weight excluding hydrogens is 568 g/mol. The third kappa shape index (κ3) is 7.35. The average Bonchev–Trinajstić information content (AvgIpc) is 3.70. The van der Waals surface area contributed by atoms with Gasteiger partial charge in [-0.05, 0) is 57.6 Å². The number of aryl methyl sites for hydroxylation is 1. The summed E-state index contributed by atoms with van der Waals surface area (Å²) in [6, 6.07) is -1.83. The summed E-state index contributed by atoms with van der Waals surface area (Å²) < 4.78 is 21.0. The number of carbonyl (C=O) groups is 2. The number of amides is 2. The van der Waals surface area contributed by atoms with Crippen molar-refractivity contribution in [1.29, 1.82) is 0 Å². The first-order valence-electron chi connectivity index (χ1n) is 13.7. The maximum absolute atomic E-state index is 13.8. The van der Waals surface area contributed by atoms with Gasteiger partial charge in [-0.1, -0.05) is 12.8 Å². The molecule has 12 nitrogen and oxygen atoms in total. The van der Waals surface area contributed by atoms with Gasteiger partial charge in [0.1, 0.15) is 35.9 Å². The minimum Gasteiger partial charge on any atom is -0.441 e. The summed E-state index contributed by atoms with van der Waals surface area (Å²) in [7, 11) is 0. The number of aliphatic hydroxyl groups excluding tert-OH is 3. The zero-order valence-corrected chi connectivity index (χ0v) is 24.4. The number of nitrogens with zero attached hydrogens (tertiary/aromatic N) is 1. The second kappa shape index (κ2) is 13.5. The number of hydrogen-bond donors (Lipinski definition) is 4. The fraction of sp³-hybridized carbons (Fsp3) is 0.808.